The fourth-order valence-corrected chi connectivity index (χ4v) is 1.43. The Balaban J connectivity index is 2.67. The predicted molar refractivity (Wildman–Crippen MR) is 60.4 cm³/mol. The Bertz CT molecular complexity index is 368. The molecule has 7 heteroatoms. The minimum atomic E-state index is -4.39. The van der Waals surface area contributed by atoms with Gasteiger partial charge >= 0.3 is 6.18 Å². The summed E-state index contributed by atoms with van der Waals surface area (Å²) in [4.78, 5) is 5.27. The summed E-state index contributed by atoms with van der Waals surface area (Å²) >= 11 is 0. The average Bonchev–Trinajstić information content (AvgIpc) is 2.28. The summed E-state index contributed by atoms with van der Waals surface area (Å²) in [6.45, 7) is 0.386. The topological polar surface area (TPSA) is 45.6 Å². The first-order chi connectivity index (χ1) is 8.34. The van der Waals surface area contributed by atoms with Gasteiger partial charge in [-0.25, -0.2) is 4.98 Å². The van der Waals surface area contributed by atoms with Gasteiger partial charge in [-0.05, 0) is 12.1 Å². The van der Waals surface area contributed by atoms with Gasteiger partial charge in [-0.15, -0.1) is 0 Å². The summed E-state index contributed by atoms with van der Waals surface area (Å²) in [6, 6.07) is 2.23. The largest absolute Gasteiger partial charge is 0.417 e. The highest BCUT2D eigenvalue weighted by atomic mass is 19.4. The standard InChI is InChI=1S/C11H15F3N2O2/c1-16(6-9(17)7-18-2)10-4-3-8(5-15-10)11(12,13)14/h3-5,9,17H,6-7H2,1-2H3. The lowest BCUT2D eigenvalue weighted by molar-refractivity contribution is -0.137. The second-order valence-electron chi connectivity index (χ2n) is 3.89. The molecule has 0 saturated heterocycles. The molecule has 1 heterocycles. The first-order valence-electron chi connectivity index (χ1n) is 5.26. The van der Waals surface area contributed by atoms with E-state index in [1.165, 1.54) is 13.2 Å². The molecular formula is C11H15F3N2O2. The third kappa shape index (κ3) is 4.15. The van der Waals surface area contributed by atoms with Crippen molar-refractivity contribution in [3.05, 3.63) is 23.9 Å². The number of aliphatic hydroxyl groups excluding tert-OH is 1. The maximum Gasteiger partial charge on any atom is 0.417 e. The normalized spacial score (nSPS) is 13.4. The molecule has 1 aromatic heterocycles. The molecule has 0 aliphatic carbocycles. The minimum absolute atomic E-state index is 0.158. The smallest absolute Gasteiger partial charge is 0.389 e. The number of hydrogen-bond donors (Lipinski definition) is 1. The van der Waals surface area contributed by atoms with Crippen LogP contribution in [0.4, 0.5) is 19.0 Å². The fraction of sp³-hybridized carbons (Fsp3) is 0.545. The van der Waals surface area contributed by atoms with Crippen LogP contribution < -0.4 is 4.90 Å². The molecule has 0 fully saturated rings. The zero-order chi connectivity index (χ0) is 13.8. The van der Waals surface area contributed by atoms with E-state index in [4.69, 9.17) is 4.74 Å². The summed E-state index contributed by atoms with van der Waals surface area (Å²) in [5.74, 6) is 0.359. The molecule has 0 bridgehead atoms. The summed E-state index contributed by atoms with van der Waals surface area (Å²) in [7, 11) is 3.09. The van der Waals surface area contributed by atoms with Crippen LogP contribution in [0, 0.1) is 0 Å². The van der Waals surface area contributed by atoms with Gasteiger partial charge in [0.15, 0.2) is 0 Å². The molecule has 0 aliphatic heterocycles. The van der Waals surface area contributed by atoms with Gasteiger partial charge in [0.2, 0.25) is 0 Å². The average molecular weight is 264 g/mol. The number of halogens is 3. The van der Waals surface area contributed by atoms with E-state index in [1.807, 2.05) is 0 Å². The Kier molecular flexibility index (Phi) is 4.92. The van der Waals surface area contributed by atoms with E-state index < -0.39 is 17.8 Å². The van der Waals surface area contributed by atoms with Crippen LogP contribution in [0.1, 0.15) is 5.56 Å². The van der Waals surface area contributed by atoms with Crippen molar-refractivity contribution >= 4 is 5.82 Å². The molecule has 0 spiro atoms. The van der Waals surface area contributed by atoms with E-state index >= 15 is 0 Å². The number of anilines is 1. The van der Waals surface area contributed by atoms with Gasteiger partial charge in [0.05, 0.1) is 18.3 Å². The lowest BCUT2D eigenvalue weighted by Crippen LogP contribution is -2.32. The van der Waals surface area contributed by atoms with E-state index in [1.54, 1.807) is 11.9 Å². The molecule has 18 heavy (non-hydrogen) atoms. The van der Waals surface area contributed by atoms with Crippen LogP contribution in [0.5, 0.6) is 0 Å². The highest BCUT2D eigenvalue weighted by Crippen LogP contribution is 2.29. The number of aromatic nitrogens is 1. The van der Waals surface area contributed by atoms with Gasteiger partial charge in [-0.3, -0.25) is 0 Å². The number of likely N-dealkylation sites (N-methyl/N-ethyl adjacent to an activating group) is 1. The number of hydrogen-bond acceptors (Lipinski definition) is 4. The molecule has 1 unspecified atom stereocenters. The van der Waals surface area contributed by atoms with Crippen LogP contribution in [0.3, 0.4) is 0 Å². The summed E-state index contributed by atoms with van der Waals surface area (Å²) in [6.07, 6.45) is -4.34. The Hall–Kier alpha value is -1.34. The molecular weight excluding hydrogens is 249 g/mol. The second-order valence-corrected chi connectivity index (χ2v) is 3.89. The number of aliphatic hydroxyl groups is 1. The number of alkyl halides is 3. The molecule has 102 valence electrons. The number of rotatable bonds is 5. The third-order valence-corrected chi connectivity index (χ3v) is 2.31. The molecule has 1 rings (SSSR count). The Morgan fingerprint density at radius 3 is 2.56 bits per heavy atom. The molecule has 0 radical (unpaired) electrons. The number of ether oxygens (including phenoxy) is 1. The van der Waals surface area contributed by atoms with Crippen LogP contribution in [0.25, 0.3) is 0 Å². The SMILES string of the molecule is COCC(O)CN(C)c1ccc(C(F)(F)F)cn1. The summed E-state index contributed by atoms with van der Waals surface area (Å²) in [5, 5.41) is 9.49. The van der Waals surface area contributed by atoms with Gasteiger partial charge in [0, 0.05) is 26.9 Å². The minimum Gasteiger partial charge on any atom is -0.389 e. The lowest BCUT2D eigenvalue weighted by Gasteiger charge is -2.21. The Labute approximate surface area is 103 Å². The van der Waals surface area contributed by atoms with Crippen LogP contribution in [-0.4, -0.2) is 43.5 Å². The van der Waals surface area contributed by atoms with Crippen LogP contribution >= 0.6 is 0 Å². The van der Waals surface area contributed by atoms with Gasteiger partial charge in [0.25, 0.3) is 0 Å². The fourth-order valence-electron chi connectivity index (χ4n) is 1.43. The van der Waals surface area contributed by atoms with Crippen LogP contribution in [0.15, 0.2) is 18.3 Å². The van der Waals surface area contributed by atoms with Crippen molar-refractivity contribution in [1.29, 1.82) is 0 Å². The predicted octanol–water partition coefficient (Wildman–Crippen LogP) is 1.54. The maximum absolute atomic E-state index is 12.3. The van der Waals surface area contributed by atoms with Gasteiger partial charge in [-0.2, -0.15) is 13.2 Å². The molecule has 4 nitrogen and oxygen atoms in total. The number of nitrogens with zero attached hydrogens (tertiary/aromatic N) is 2. The zero-order valence-corrected chi connectivity index (χ0v) is 10.1. The van der Waals surface area contributed by atoms with Crippen molar-refractivity contribution in [1.82, 2.24) is 4.98 Å². The third-order valence-electron chi connectivity index (χ3n) is 2.31. The monoisotopic (exact) mass is 264 g/mol. The molecule has 1 aromatic rings. The van der Waals surface area contributed by atoms with E-state index in [0.29, 0.717) is 5.82 Å². The summed E-state index contributed by atoms with van der Waals surface area (Å²) < 4.78 is 41.7. The first kappa shape index (κ1) is 14.7. The van der Waals surface area contributed by atoms with Crippen LogP contribution in [-0.2, 0) is 10.9 Å². The molecule has 0 saturated carbocycles. The van der Waals surface area contributed by atoms with Crippen molar-refractivity contribution < 1.29 is 23.0 Å². The second kappa shape index (κ2) is 6.01. The van der Waals surface area contributed by atoms with Crippen molar-refractivity contribution in [2.24, 2.45) is 0 Å². The van der Waals surface area contributed by atoms with E-state index in [0.717, 1.165) is 12.3 Å². The Morgan fingerprint density at radius 2 is 2.11 bits per heavy atom. The first-order valence-corrected chi connectivity index (χ1v) is 5.26. The molecule has 1 N–H and O–H groups in total. The highest BCUT2D eigenvalue weighted by Gasteiger charge is 2.30. The van der Waals surface area contributed by atoms with Crippen molar-refractivity contribution in [2.45, 2.75) is 12.3 Å². The molecule has 0 amide bonds. The van der Waals surface area contributed by atoms with Gasteiger partial charge in [0.1, 0.15) is 5.82 Å². The Morgan fingerprint density at radius 1 is 1.44 bits per heavy atom. The van der Waals surface area contributed by atoms with Crippen molar-refractivity contribution in [2.75, 3.05) is 32.2 Å². The summed E-state index contributed by atoms with van der Waals surface area (Å²) in [5.41, 5.74) is -0.794. The van der Waals surface area contributed by atoms with Crippen LogP contribution in [0.2, 0.25) is 0 Å². The number of methoxy groups -OCH3 is 1. The van der Waals surface area contributed by atoms with E-state index in [-0.39, 0.29) is 13.2 Å². The lowest BCUT2D eigenvalue weighted by atomic mass is 10.2. The molecule has 0 aromatic carbocycles. The van der Waals surface area contributed by atoms with E-state index in [2.05, 4.69) is 4.98 Å². The number of pyridine rings is 1. The van der Waals surface area contributed by atoms with Gasteiger partial charge in [-0.1, -0.05) is 0 Å². The zero-order valence-electron chi connectivity index (χ0n) is 10.1. The molecule has 0 aliphatic rings. The quantitative estimate of drug-likeness (QED) is 0.876. The van der Waals surface area contributed by atoms with Crippen molar-refractivity contribution in [3.63, 3.8) is 0 Å². The molecule has 1 atom stereocenters. The van der Waals surface area contributed by atoms with E-state index in [9.17, 15) is 18.3 Å². The van der Waals surface area contributed by atoms with Crippen molar-refractivity contribution in [3.8, 4) is 0 Å². The van der Waals surface area contributed by atoms with Gasteiger partial charge < -0.3 is 14.7 Å². The highest BCUT2D eigenvalue weighted by molar-refractivity contribution is 5.38. The maximum atomic E-state index is 12.3.